The highest BCUT2D eigenvalue weighted by Crippen LogP contribution is 2.62. The number of benzene rings is 1. The number of rotatable bonds is 13. The average molecular weight is 496 g/mol. The molecular weight excluding hydrogens is 454 g/mol. The molecule has 33 heavy (non-hydrogen) atoms. The van der Waals surface area contributed by atoms with E-state index in [1.165, 1.54) is 56.6 Å². The van der Waals surface area contributed by atoms with Crippen LogP contribution in [0.15, 0.2) is 35.2 Å². The minimum absolute atomic E-state index is 0.182. The fourth-order valence-electron chi connectivity index (χ4n) is 5.88. The lowest BCUT2D eigenvalue weighted by Crippen LogP contribution is -2.53. The summed E-state index contributed by atoms with van der Waals surface area (Å²) in [7, 11) is -6.03. The maximum Gasteiger partial charge on any atom is 0.210 e. The van der Waals surface area contributed by atoms with Crippen LogP contribution >= 0.6 is 0 Å². The van der Waals surface area contributed by atoms with Gasteiger partial charge in [0, 0.05) is 5.54 Å². The molecule has 0 bridgehead atoms. The third-order valence-corrected chi connectivity index (χ3v) is 13.5. The Morgan fingerprint density at radius 1 is 0.970 bits per heavy atom. The van der Waals surface area contributed by atoms with E-state index in [1.807, 2.05) is 6.07 Å². The van der Waals surface area contributed by atoms with Crippen LogP contribution in [0.5, 0.6) is 0 Å². The summed E-state index contributed by atoms with van der Waals surface area (Å²) in [4.78, 5) is 11.1. The second kappa shape index (κ2) is 10.5. The van der Waals surface area contributed by atoms with E-state index >= 15 is 0 Å². The molecule has 8 heteroatoms. The quantitative estimate of drug-likeness (QED) is 0.247. The Hall–Kier alpha value is -0.773. The third kappa shape index (κ3) is 4.59. The molecule has 0 saturated carbocycles. The molecule has 0 unspecified atom stereocenters. The van der Waals surface area contributed by atoms with Crippen molar-refractivity contribution in [3.8, 4) is 0 Å². The number of unbranched alkanes of at least 4 members (excludes halogenated alkanes) is 9. The standard InChI is InChI=1S/C25H41NO5SSi/c1-4-5-6-7-8-9-10-11-12-16-19-22-24-25(32(27,28)21-17-14-13-15-18-21)23(33(2,3)31-24)20-29-26(25)30-22/h13-15,17-18,22-24H,4-12,16,19-20H2,1-3H3/t22-,23-,24+,25-/m1/s1. The van der Waals surface area contributed by atoms with E-state index in [1.54, 1.807) is 24.3 Å². The smallest absolute Gasteiger partial charge is 0.210 e. The molecule has 0 spiro atoms. The van der Waals surface area contributed by atoms with Gasteiger partial charge in [-0.15, -0.1) is 0 Å². The first-order valence-corrected chi connectivity index (χ1v) is 17.4. The predicted octanol–water partition coefficient (Wildman–Crippen LogP) is 6.00. The van der Waals surface area contributed by atoms with E-state index in [9.17, 15) is 8.42 Å². The summed E-state index contributed by atoms with van der Waals surface area (Å²) in [6.45, 7) is 6.82. The largest absolute Gasteiger partial charge is 0.408 e. The van der Waals surface area contributed by atoms with Crippen molar-refractivity contribution in [2.24, 2.45) is 0 Å². The number of nitrogens with zero attached hydrogens (tertiary/aromatic N) is 1. The van der Waals surface area contributed by atoms with Gasteiger partial charge in [0.25, 0.3) is 0 Å². The lowest BCUT2D eigenvalue weighted by Gasteiger charge is -2.30. The van der Waals surface area contributed by atoms with Gasteiger partial charge in [0.05, 0.1) is 11.5 Å². The Kier molecular flexibility index (Phi) is 8.03. The van der Waals surface area contributed by atoms with Crippen LogP contribution < -0.4 is 0 Å². The summed E-state index contributed by atoms with van der Waals surface area (Å²) in [6, 6.07) is 8.72. The fourth-order valence-corrected chi connectivity index (χ4v) is 12.3. The number of hydrogen-bond donors (Lipinski definition) is 0. The molecule has 3 aliphatic rings. The van der Waals surface area contributed by atoms with Gasteiger partial charge < -0.3 is 4.43 Å². The summed E-state index contributed by atoms with van der Waals surface area (Å²) in [5.41, 5.74) is -0.182. The molecule has 0 aromatic heterocycles. The molecule has 0 N–H and O–H groups in total. The van der Waals surface area contributed by atoms with Gasteiger partial charge in [0.15, 0.2) is 8.32 Å². The molecule has 6 nitrogen and oxygen atoms in total. The van der Waals surface area contributed by atoms with E-state index < -0.39 is 29.1 Å². The molecule has 3 heterocycles. The van der Waals surface area contributed by atoms with Crippen LogP contribution in [0.25, 0.3) is 0 Å². The summed E-state index contributed by atoms with van der Waals surface area (Å²) < 4.78 is 34.6. The molecule has 3 aliphatic heterocycles. The Bertz CT molecular complexity index is 880. The van der Waals surface area contributed by atoms with E-state index in [2.05, 4.69) is 20.0 Å². The van der Waals surface area contributed by atoms with Crippen LogP contribution in [-0.4, -0.2) is 45.6 Å². The van der Waals surface area contributed by atoms with E-state index in [-0.39, 0.29) is 11.6 Å². The number of sulfone groups is 1. The van der Waals surface area contributed by atoms with Crippen LogP contribution in [0, 0.1) is 0 Å². The molecule has 1 aromatic rings. The lowest BCUT2D eigenvalue weighted by atomic mass is 9.98. The van der Waals surface area contributed by atoms with E-state index in [0.717, 1.165) is 19.3 Å². The van der Waals surface area contributed by atoms with Crippen molar-refractivity contribution in [3.63, 3.8) is 0 Å². The molecule has 186 valence electrons. The van der Waals surface area contributed by atoms with Crippen molar-refractivity contribution < 1.29 is 22.5 Å². The first-order chi connectivity index (χ1) is 15.9. The monoisotopic (exact) mass is 495 g/mol. The molecule has 1 aromatic carbocycles. The van der Waals surface area contributed by atoms with Gasteiger partial charge in [-0.05, 0) is 36.9 Å². The Balaban J connectivity index is 1.38. The molecule has 3 saturated heterocycles. The maximum absolute atomic E-state index is 14.0. The van der Waals surface area contributed by atoms with Crippen molar-refractivity contribution in [1.82, 2.24) is 5.23 Å². The van der Waals surface area contributed by atoms with Crippen LogP contribution in [0.3, 0.4) is 0 Å². The van der Waals surface area contributed by atoms with Gasteiger partial charge in [0.1, 0.15) is 12.2 Å². The summed E-state index contributed by atoms with van der Waals surface area (Å²) in [6.07, 6.45) is 12.7. The van der Waals surface area contributed by atoms with Gasteiger partial charge in [-0.3, -0.25) is 9.68 Å². The molecule has 3 fully saturated rings. The highest BCUT2D eigenvalue weighted by atomic mass is 32.2. The van der Waals surface area contributed by atoms with Gasteiger partial charge in [0.2, 0.25) is 14.7 Å². The molecule has 0 amide bonds. The number of hydrogen-bond acceptors (Lipinski definition) is 6. The van der Waals surface area contributed by atoms with Gasteiger partial charge in [-0.25, -0.2) is 8.42 Å². The van der Waals surface area contributed by atoms with Gasteiger partial charge >= 0.3 is 0 Å². The van der Waals surface area contributed by atoms with Crippen LogP contribution in [0.1, 0.15) is 77.6 Å². The number of hydroxylamine groups is 2. The second-order valence-electron chi connectivity index (χ2n) is 10.4. The Morgan fingerprint density at radius 3 is 2.21 bits per heavy atom. The Morgan fingerprint density at radius 2 is 1.58 bits per heavy atom. The molecule has 0 radical (unpaired) electrons. The van der Waals surface area contributed by atoms with Gasteiger partial charge in [-0.2, -0.15) is 0 Å². The van der Waals surface area contributed by atoms with Crippen molar-refractivity contribution in [2.75, 3.05) is 6.61 Å². The average Bonchev–Trinajstić information content (AvgIpc) is 3.41. The van der Waals surface area contributed by atoms with Crippen LogP contribution in [0.2, 0.25) is 18.6 Å². The predicted molar refractivity (Wildman–Crippen MR) is 132 cm³/mol. The van der Waals surface area contributed by atoms with Crippen molar-refractivity contribution >= 4 is 18.2 Å². The van der Waals surface area contributed by atoms with E-state index in [4.69, 9.17) is 14.1 Å². The van der Waals surface area contributed by atoms with Gasteiger partial charge in [-0.1, -0.05) is 89.3 Å². The molecule has 4 atom stereocenters. The van der Waals surface area contributed by atoms with Crippen LogP contribution in [0.4, 0.5) is 0 Å². The SMILES string of the molecule is CCCCCCCCCCCC[C@H]1ON2OC[C@@H]3[C@@]2(S(=O)(=O)c2ccccc2)[C@H]1O[Si]3(C)C. The summed E-state index contributed by atoms with van der Waals surface area (Å²) >= 11 is 0. The zero-order valence-corrected chi connectivity index (χ0v) is 22.3. The molecule has 4 rings (SSSR count). The van der Waals surface area contributed by atoms with Crippen molar-refractivity contribution in [3.05, 3.63) is 30.3 Å². The minimum atomic E-state index is -3.74. The van der Waals surface area contributed by atoms with Crippen molar-refractivity contribution in [1.29, 1.82) is 0 Å². The normalized spacial score (nSPS) is 30.7. The third-order valence-electron chi connectivity index (χ3n) is 7.72. The zero-order valence-electron chi connectivity index (χ0n) is 20.5. The summed E-state index contributed by atoms with van der Waals surface area (Å²) in [5.74, 6) is 0. The maximum atomic E-state index is 14.0. The highest BCUT2D eigenvalue weighted by molar-refractivity contribution is 7.93. The highest BCUT2D eigenvalue weighted by Gasteiger charge is 2.79. The first kappa shape index (κ1) is 25.3. The van der Waals surface area contributed by atoms with E-state index in [0.29, 0.717) is 11.5 Å². The lowest BCUT2D eigenvalue weighted by molar-refractivity contribution is -0.348. The van der Waals surface area contributed by atoms with Crippen LogP contribution in [-0.2, 0) is 23.9 Å². The zero-order chi connectivity index (χ0) is 23.5. The fraction of sp³-hybridized carbons (Fsp3) is 0.760. The second-order valence-corrected chi connectivity index (χ2v) is 16.7. The Labute approximate surface area is 200 Å². The van der Waals surface area contributed by atoms with Crippen molar-refractivity contribution in [2.45, 2.75) is 118 Å². The minimum Gasteiger partial charge on any atom is -0.408 e. The summed E-state index contributed by atoms with van der Waals surface area (Å²) in [5, 5.41) is 1.33. The first-order valence-electron chi connectivity index (χ1n) is 12.9. The molecular formula is C25H41NO5SSi. The molecule has 0 aliphatic carbocycles. The topological polar surface area (TPSA) is 65.1 Å².